The van der Waals surface area contributed by atoms with Crippen LogP contribution in [0.4, 0.5) is 13.2 Å². The molecule has 0 aliphatic carbocycles. The second kappa shape index (κ2) is 11.0. The van der Waals surface area contributed by atoms with Gasteiger partial charge in [-0.05, 0) is 49.9 Å². The number of hydrogen-bond donors (Lipinski definition) is 1. The molecule has 12 heteroatoms. The Morgan fingerprint density at radius 1 is 1.19 bits per heavy atom. The second-order valence-corrected chi connectivity index (χ2v) is 11.0. The van der Waals surface area contributed by atoms with E-state index in [9.17, 15) is 27.6 Å². The monoisotopic (exact) mass is 544 g/mol. The fourth-order valence-corrected chi connectivity index (χ4v) is 6.48. The van der Waals surface area contributed by atoms with Gasteiger partial charge in [0.25, 0.3) is 0 Å². The molecule has 0 aromatic heterocycles. The van der Waals surface area contributed by atoms with Crippen molar-refractivity contribution in [2.45, 2.75) is 67.4 Å². The predicted molar refractivity (Wildman–Crippen MR) is 129 cm³/mol. The number of ether oxygens (including phenoxy) is 1. The molecule has 3 fully saturated rings. The number of thioether (sulfide) groups is 1. The lowest BCUT2D eigenvalue weighted by molar-refractivity contribution is -0.192. The van der Waals surface area contributed by atoms with Crippen LogP contribution in [-0.4, -0.2) is 76.3 Å². The van der Waals surface area contributed by atoms with E-state index in [0.717, 1.165) is 24.8 Å². The topological polar surface area (TPSA) is 104 Å². The van der Waals surface area contributed by atoms with Crippen molar-refractivity contribution in [1.82, 2.24) is 9.80 Å². The molecular weight excluding hydrogens is 513 g/mol. The smallest absolute Gasteiger partial charge is 0.475 e. The molecule has 1 aromatic rings. The highest BCUT2D eigenvalue weighted by Gasteiger charge is 2.72. The third kappa shape index (κ3) is 5.22. The van der Waals surface area contributed by atoms with Crippen LogP contribution >= 0.6 is 11.8 Å². The van der Waals surface area contributed by atoms with Gasteiger partial charge in [-0.25, -0.2) is 4.79 Å². The third-order valence-corrected chi connectivity index (χ3v) is 8.68. The highest BCUT2D eigenvalue weighted by atomic mass is 32.2. The number of imide groups is 1. The van der Waals surface area contributed by atoms with E-state index >= 15 is 0 Å². The van der Waals surface area contributed by atoms with Gasteiger partial charge in [0.05, 0.1) is 18.9 Å². The molecule has 1 unspecified atom stereocenters. The van der Waals surface area contributed by atoms with E-state index in [0.29, 0.717) is 18.2 Å². The molecular formula is C25H31F3N2O6S. The van der Waals surface area contributed by atoms with Gasteiger partial charge in [-0.1, -0.05) is 26.0 Å². The number of benzene rings is 1. The first-order valence-corrected chi connectivity index (χ1v) is 12.9. The molecule has 1 N–H and O–H groups in total. The number of amides is 2. The molecule has 8 nitrogen and oxygen atoms in total. The summed E-state index contributed by atoms with van der Waals surface area (Å²) in [5.41, 5.74) is -0.0631. The van der Waals surface area contributed by atoms with E-state index in [2.05, 4.69) is 43.0 Å². The Bertz CT molecular complexity index is 1050. The van der Waals surface area contributed by atoms with E-state index in [1.54, 1.807) is 0 Å². The highest BCUT2D eigenvalue weighted by Crippen LogP contribution is 2.58. The van der Waals surface area contributed by atoms with Gasteiger partial charge in [0.1, 0.15) is 5.54 Å². The Kier molecular flexibility index (Phi) is 8.63. The van der Waals surface area contributed by atoms with Crippen LogP contribution in [0.3, 0.4) is 0 Å². The summed E-state index contributed by atoms with van der Waals surface area (Å²) in [7, 11) is 2.90. The number of likely N-dealkylation sites (tertiary alicyclic amines) is 1. The molecule has 204 valence electrons. The van der Waals surface area contributed by atoms with Gasteiger partial charge in [0, 0.05) is 23.2 Å². The van der Waals surface area contributed by atoms with Crippen molar-refractivity contribution in [1.29, 1.82) is 0 Å². The summed E-state index contributed by atoms with van der Waals surface area (Å²) in [5.74, 6) is -4.82. The molecule has 4 rings (SSSR count). The lowest BCUT2D eigenvalue weighted by Gasteiger charge is -2.44. The zero-order valence-electron chi connectivity index (χ0n) is 21.1. The Morgan fingerprint density at radius 3 is 2.30 bits per heavy atom. The fourth-order valence-electron chi connectivity index (χ4n) is 5.56. The summed E-state index contributed by atoms with van der Waals surface area (Å²) in [6.07, 6.45) is -1.66. The van der Waals surface area contributed by atoms with Crippen molar-refractivity contribution in [3.05, 3.63) is 29.8 Å². The molecule has 3 saturated heterocycles. The number of carboxylic acids is 1. The number of fused-ring (bicyclic) bond motifs is 3. The highest BCUT2D eigenvalue weighted by molar-refractivity contribution is 7.99. The van der Waals surface area contributed by atoms with Crippen LogP contribution < -0.4 is 0 Å². The maximum absolute atomic E-state index is 13.2. The summed E-state index contributed by atoms with van der Waals surface area (Å²) < 4.78 is 37.0. The number of esters is 1. The minimum Gasteiger partial charge on any atom is -0.475 e. The average molecular weight is 545 g/mol. The summed E-state index contributed by atoms with van der Waals surface area (Å²) in [5, 5.41) is 7.66. The normalized spacial score (nSPS) is 28.2. The first-order valence-electron chi connectivity index (χ1n) is 12.0. The van der Waals surface area contributed by atoms with Crippen LogP contribution in [-0.2, 0) is 23.9 Å². The fraction of sp³-hybridized carbons (Fsp3) is 0.600. The minimum absolute atomic E-state index is 0.189. The van der Waals surface area contributed by atoms with E-state index in [-0.39, 0.29) is 23.8 Å². The molecule has 3 aliphatic heterocycles. The van der Waals surface area contributed by atoms with Crippen LogP contribution in [0.15, 0.2) is 29.2 Å². The number of alkyl halides is 3. The number of aliphatic carboxylic acids is 1. The quantitative estimate of drug-likeness (QED) is 0.338. The lowest BCUT2D eigenvalue weighted by Crippen LogP contribution is -2.59. The molecule has 3 aliphatic rings. The van der Waals surface area contributed by atoms with Crippen LogP contribution in [0.1, 0.15) is 51.1 Å². The molecule has 37 heavy (non-hydrogen) atoms. The van der Waals surface area contributed by atoms with Crippen molar-refractivity contribution in [2.24, 2.45) is 11.8 Å². The maximum atomic E-state index is 13.2. The van der Waals surface area contributed by atoms with Crippen molar-refractivity contribution in [3.8, 4) is 0 Å². The zero-order chi connectivity index (χ0) is 27.7. The molecule has 0 radical (unpaired) electrons. The summed E-state index contributed by atoms with van der Waals surface area (Å²) in [4.78, 5) is 52.8. The Hall–Kier alpha value is -2.60. The summed E-state index contributed by atoms with van der Waals surface area (Å²) >= 11 is 1.83. The molecule has 0 spiro atoms. The van der Waals surface area contributed by atoms with Gasteiger partial charge in [0.15, 0.2) is 0 Å². The van der Waals surface area contributed by atoms with Crippen molar-refractivity contribution >= 4 is 35.5 Å². The van der Waals surface area contributed by atoms with Crippen LogP contribution in [0, 0.1) is 11.8 Å². The number of carbonyl (C=O) groups excluding carboxylic acids is 3. The Labute approximate surface area is 217 Å². The lowest BCUT2D eigenvalue weighted by atomic mass is 9.75. The van der Waals surface area contributed by atoms with E-state index in [1.165, 1.54) is 24.0 Å². The van der Waals surface area contributed by atoms with Crippen LogP contribution in [0.5, 0.6) is 0 Å². The SMILES string of the molecule is CCC(C)Sc1ccc([C@@H]2[C@@H]3C(=O)N(C)C(=O)[C@@H]3[C@]3(C(=O)OC)CCCCN23)cc1.O=C(O)C(F)(F)F. The van der Waals surface area contributed by atoms with Gasteiger partial charge >= 0.3 is 18.1 Å². The largest absolute Gasteiger partial charge is 0.490 e. The first kappa shape index (κ1) is 29.0. The van der Waals surface area contributed by atoms with E-state index < -0.39 is 29.5 Å². The van der Waals surface area contributed by atoms with Gasteiger partial charge in [-0.2, -0.15) is 13.2 Å². The molecule has 2 amide bonds. The number of carboxylic acid groups (broad SMARTS) is 1. The second-order valence-electron chi connectivity index (χ2n) is 9.46. The first-order chi connectivity index (χ1) is 17.3. The summed E-state index contributed by atoms with van der Waals surface area (Å²) in [6.45, 7) is 5.06. The van der Waals surface area contributed by atoms with Crippen molar-refractivity contribution < 1.29 is 42.2 Å². The molecule has 5 atom stereocenters. The average Bonchev–Trinajstić information content (AvgIpc) is 3.30. The van der Waals surface area contributed by atoms with Gasteiger partial charge in [-0.15, -0.1) is 11.8 Å². The molecule has 0 bridgehead atoms. The van der Waals surface area contributed by atoms with Gasteiger partial charge < -0.3 is 9.84 Å². The number of hydrogen-bond acceptors (Lipinski definition) is 7. The predicted octanol–water partition coefficient (Wildman–Crippen LogP) is 3.89. The molecule has 0 saturated carbocycles. The van der Waals surface area contributed by atoms with Gasteiger partial charge in [-0.3, -0.25) is 24.2 Å². The number of nitrogens with zero attached hydrogens (tertiary/aromatic N) is 2. The number of piperidine rings is 1. The van der Waals surface area contributed by atoms with E-state index in [1.807, 2.05) is 11.8 Å². The third-order valence-electron chi connectivity index (χ3n) is 7.40. The number of halogens is 3. The summed E-state index contributed by atoms with van der Waals surface area (Å²) in [6, 6.07) is 8.01. The van der Waals surface area contributed by atoms with Gasteiger partial charge in [0.2, 0.25) is 11.8 Å². The maximum Gasteiger partial charge on any atom is 0.490 e. The molecule has 3 heterocycles. The van der Waals surface area contributed by atoms with Crippen molar-refractivity contribution in [3.63, 3.8) is 0 Å². The van der Waals surface area contributed by atoms with Crippen LogP contribution in [0.25, 0.3) is 0 Å². The minimum atomic E-state index is -5.08. The Balaban J connectivity index is 0.000000479. The number of carbonyl (C=O) groups is 4. The number of rotatable bonds is 5. The van der Waals surface area contributed by atoms with Crippen LogP contribution in [0.2, 0.25) is 0 Å². The standard InChI is InChI=1S/C23H30N2O4S.C2HF3O2/c1-5-14(2)30-16-10-8-15(9-11-16)19-17-18(21(27)24(3)20(17)26)23(22(28)29-4)12-6-7-13-25(19)23;3-2(4,5)1(6)7/h8-11,14,17-19H,5-7,12-13H2,1-4H3;(H,6,7)/t14?,17-,18-,19-,23+;/m1./s1. The molecule has 1 aromatic carbocycles. The number of methoxy groups -OCH3 is 1. The van der Waals surface area contributed by atoms with Crippen molar-refractivity contribution in [2.75, 3.05) is 20.7 Å². The zero-order valence-corrected chi connectivity index (χ0v) is 21.9. The van der Waals surface area contributed by atoms with E-state index in [4.69, 9.17) is 14.6 Å². The Morgan fingerprint density at radius 2 is 1.78 bits per heavy atom.